The van der Waals surface area contributed by atoms with E-state index in [1.807, 2.05) is 24.0 Å². The minimum Gasteiger partial charge on any atom is -0.376 e. The van der Waals surface area contributed by atoms with Gasteiger partial charge in [0.05, 0.1) is 16.8 Å². The fraction of sp³-hybridized carbons (Fsp3) is 0.348. The normalized spacial score (nSPS) is 16.0. The average Bonchev–Trinajstić information content (AvgIpc) is 3.39. The molecule has 0 radical (unpaired) electrons. The molecule has 4 rings (SSSR count). The molecule has 1 fully saturated rings. The Bertz CT molecular complexity index is 985. The van der Waals surface area contributed by atoms with Gasteiger partial charge in [-0.25, -0.2) is 9.37 Å². The molecule has 30 heavy (non-hydrogen) atoms. The summed E-state index contributed by atoms with van der Waals surface area (Å²) in [5.74, 6) is -0.292. The van der Waals surface area contributed by atoms with Crippen LogP contribution in [0.25, 0.3) is 0 Å². The van der Waals surface area contributed by atoms with Crippen molar-refractivity contribution in [2.75, 3.05) is 13.2 Å². The number of hydrogen-bond acceptors (Lipinski definition) is 5. The number of rotatable bonds is 7. The largest absolute Gasteiger partial charge is 0.376 e. The highest BCUT2D eigenvalue weighted by Crippen LogP contribution is 2.24. The van der Waals surface area contributed by atoms with Gasteiger partial charge in [0.2, 0.25) is 0 Å². The lowest BCUT2D eigenvalue weighted by Crippen LogP contribution is -2.36. The zero-order chi connectivity index (χ0) is 20.9. The van der Waals surface area contributed by atoms with Gasteiger partial charge in [-0.05, 0) is 49.1 Å². The predicted octanol–water partition coefficient (Wildman–Crippen LogP) is 4.40. The van der Waals surface area contributed by atoms with Crippen molar-refractivity contribution in [3.8, 4) is 0 Å². The average molecular weight is 426 g/mol. The zero-order valence-corrected chi connectivity index (χ0v) is 17.7. The number of thiazole rings is 1. The molecule has 5 nitrogen and oxygen atoms in total. The summed E-state index contributed by atoms with van der Waals surface area (Å²) in [5, 5.41) is 0.848. The van der Waals surface area contributed by atoms with Crippen LogP contribution < -0.4 is 0 Å². The standard InChI is InChI=1S/C23H24FN3O2S/c1-16-22(30-21(26-16)12-17-6-8-19(24)9-7-17)23(28)27(15-20-5-3-11-29-20)14-18-4-2-10-25-13-18/h2,4,6-10,13,20H,3,5,11-12,14-15H2,1H3. The van der Waals surface area contributed by atoms with Gasteiger partial charge in [0.25, 0.3) is 5.91 Å². The van der Waals surface area contributed by atoms with Crippen molar-refractivity contribution in [1.82, 2.24) is 14.9 Å². The molecule has 7 heteroatoms. The molecule has 1 aromatic carbocycles. The summed E-state index contributed by atoms with van der Waals surface area (Å²) in [6.45, 7) is 3.66. The van der Waals surface area contributed by atoms with Crippen LogP contribution in [0.3, 0.4) is 0 Å². The second-order valence-electron chi connectivity index (χ2n) is 7.51. The molecule has 156 valence electrons. The van der Waals surface area contributed by atoms with Crippen molar-refractivity contribution in [3.05, 3.63) is 81.3 Å². The molecule has 2 aromatic heterocycles. The summed E-state index contributed by atoms with van der Waals surface area (Å²) in [6, 6.07) is 10.2. The monoisotopic (exact) mass is 425 g/mol. The van der Waals surface area contributed by atoms with E-state index >= 15 is 0 Å². The highest BCUT2D eigenvalue weighted by molar-refractivity contribution is 7.13. The molecule has 1 amide bonds. The van der Waals surface area contributed by atoms with Crippen LogP contribution in [0.1, 0.15) is 44.3 Å². The van der Waals surface area contributed by atoms with Crippen LogP contribution in [-0.4, -0.2) is 40.0 Å². The third-order valence-corrected chi connectivity index (χ3v) is 6.28. The van der Waals surface area contributed by atoms with E-state index in [0.29, 0.717) is 24.4 Å². The minimum atomic E-state index is -0.259. The van der Waals surface area contributed by atoms with E-state index in [0.717, 1.165) is 41.3 Å². The maximum absolute atomic E-state index is 13.4. The third kappa shape index (κ3) is 5.09. The van der Waals surface area contributed by atoms with Crippen LogP contribution >= 0.6 is 11.3 Å². The number of hydrogen-bond donors (Lipinski definition) is 0. The van der Waals surface area contributed by atoms with Gasteiger partial charge in [0.1, 0.15) is 10.7 Å². The molecular formula is C23H24FN3O2S. The second-order valence-corrected chi connectivity index (χ2v) is 8.59. The summed E-state index contributed by atoms with van der Waals surface area (Å²) in [7, 11) is 0. The Kier molecular flexibility index (Phi) is 6.50. The zero-order valence-electron chi connectivity index (χ0n) is 16.9. The first-order valence-corrected chi connectivity index (χ1v) is 10.9. The van der Waals surface area contributed by atoms with Crippen molar-refractivity contribution in [2.45, 2.75) is 38.8 Å². The molecule has 0 N–H and O–H groups in total. The fourth-order valence-electron chi connectivity index (χ4n) is 3.61. The maximum atomic E-state index is 13.4. The van der Waals surface area contributed by atoms with Gasteiger partial charge in [-0.1, -0.05) is 18.2 Å². The van der Waals surface area contributed by atoms with Gasteiger partial charge in [-0.3, -0.25) is 9.78 Å². The third-order valence-electron chi connectivity index (χ3n) is 5.14. The number of halogens is 1. The van der Waals surface area contributed by atoms with Crippen LogP contribution in [0.2, 0.25) is 0 Å². The summed E-state index contributed by atoms with van der Waals surface area (Å²) in [6.07, 6.45) is 6.15. The van der Waals surface area contributed by atoms with Gasteiger partial charge in [0, 0.05) is 38.5 Å². The van der Waals surface area contributed by atoms with Crippen molar-refractivity contribution >= 4 is 17.2 Å². The SMILES string of the molecule is Cc1nc(Cc2ccc(F)cc2)sc1C(=O)N(Cc1cccnc1)CC1CCCO1. The van der Waals surface area contributed by atoms with Gasteiger partial charge in [-0.15, -0.1) is 11.3 Å². The van der Waals surface area contributed by atoms with E-state index in [1.165, 1.54) is 23.5 Å². The van der Waals surface area contributed by atoms with Crippen LogP contribution in [0, 0.1) is 12.7 Å². The number of ether oxygens (including phenoxy) is 1. The molecule has 1 unspecified atom stereocenters. The van der Waals surface area contributed by atoms with E-state index in [4.69, 9.17) is 4.74 Å². The molecule has 1 saturated heterocycles. The van der Waals surface area contributed by atoms with Gasteiger partial charge < -0.3 is 9.64 Å². The Labute approximate surface area is 179 Å². The molecule has 1 atom stereocenters. The molecule has 1 aliphatic heterocycles. The molecule has 0 spiro atoms. The Morgan fingerprint density at radius 2 is 2.10 bits per heavy atom. The van der Waals surface area contributed by atoms with Crippen molar-refractivity contribution < 1.29 is 13.9 Å². The number of carbonyl (C=O) groups is 1. The first kappa shape index (κ1) is 20.6. The van der Waals surface area contributed by atoms with E-state index in [2.05, 4.69) is 9.97 Å². The minimum absolute atomic E-state index is 0.0327. The van der Waals surface area contributed by atoms with E-state index < -0.39 is 0 Å². The van der Waals surface area contributed by atoms with Gasteiger partial charge in [0.15, 0.2) is 0 Å². The van der Waals surface area contributed by atoms with Gasteiger partial charge in [-0.2, -0.15) is 0 Å². The maximum Gasteiger partial charge on any atom is 0.266 e. The molecule has 0 bridgehead atoms. The van der Waals surface area contributed by atoms with Crippen molar-refractivity contribution in [1.29, 1.82) is 0 Å². The smallest absolute Gasteiger partial charge is 0.266 e. The lowest BCUT2D eigenvalue weighted by molar-refractivity contribution is 0.0510. The first-order chi connectivity index (χ1) is 14.6. The molecular weight excluding hydrogens is 401 g/mol. The number of amides is 1. The number of aryl methyl sites for hydroxylation is 1. The van der Waals surface area contributed by atoms with Crippen LogP contribution in [0.5, 0.6) is 0 Å². The van der Waals surface area contributed by atoms with Crippen molar-refractivity contribution in [3.63, 3.8) is 0 Å². The second kappa shape index (κ2) is 9.45. The fourth-order valence-corrected chi connectivity index (χ4v) is 4.68. The van der Waals surface area contributed by atoms with Crippen LogP contribution in [-0.2, 0) is 17.7 Å². The molecule has 3 heterocycles. The number of carbonyl (C=O) groups excluding carboxylic acids is 1. The Balaban J connectivity index is 1.53. The summed E-state index contributed by atoms with van der Waals surface area (Å²) in [4.78, 5) is 24.7. The molecule has 1 aliphatic rings. The predicted molar refractivity (Wildman–Crippen MR) is 114 cm³/mol. The topological polar surface area (TPSA) is 55.3 Å². The number of nitrogens with zero attached hydrogens (tertiary/aromatic N) is 3. The Morgan fingerprint density at radius 1 is 1.27 bits per heavy atom. The lowest BCUT2D eigenvalue weighted by atomic mass is 10.1. The highest BCUT2D eigenvalue weighted by atomic mass is 32.1. The van der Waals surface area contributed by atoms with Crippen LogP contribution in [0.15, 0.2) is 48.8 Å². The lowest BCUT2D eigenvalue weighted by Gasteiger charge is -2.25. The van der Waals surface area contributed by atoms with E-state index in [1.54, 1.807) is 24.5 Å². The first-order valence-electron chi connectivity index (χ1n) is 10.1. The highest BCUT2D eigenvalue weighted by Gasteiger charge is 2.26. The number of aromatic nitrogens is 2. The quantitative estimate of drug-likeness (QED) is 0.563. The van der Waals surface area contributed by atoms with E-state index in [-0.39, 0.29) is 17.8 Å². The van der Waals surface area contributed by atoms with E-state index in [9.17, 15) is 9.18 Å². The van der Waals surface area contributed by atoms with Crippen molar-refractivity contribution in [2.24, 2.45) is 0 Å². The van der Waals surface area contributed by atoms with Crippen LogP contribution in [0.4, 0.5) is 4.39 Å². The molecule has 3 aromatic rings. The summed E-state index contributed by atoms with van der Waals surface area (Å²) in [5.41, 5.74) is 2.68. The summed E-state index contributed by atoms with van der Waals surface area (Å²) < 4.78 is 18.9. The summed E-state index contributed by atoms with van der Waals surface area (Å²) >= 11 is 1.41. The Morgan fingerprint density at radius 3 is 2.80 bits per heavy atom. The number of benzene rings is 1. The molecule has 0 aliphatic carbocycles. The molecule has 0 saturated carbocycles. The van der Waals surface area contributed by atoms with Gasteiger partial charge >= 0.3 is 0 Å². The Hall–Kier alpha value is -2.64. The number of pyridine rings is 1.